The second-order valence-corrected chi connectivity index (χ2v) is 3.85. The van der Waals surface area contributed by atoms with Crippen molar-refractivity contribution in [3.63, 3.8) is 0 Å². The van der Waals surface area contributed by atoms with E-state index in [1.54, 1.807) is 13.8 Å². The molecule has 0 aliphatic heterocycles. The fourth-order valence-electron chi connectivity index (χ4n) is 1.40. The van der Waals surface area contributed by atoms with Gasteiger partial charge in [-0.25, -0.2) is 4.79 Å². The van der Waals surface area contributed by atoms with Gasteiger partial charge in [0, 0.05) is 12.1 Å². The summed E-state index contributed by atoms with van der Waals surface area (Å²) >= 11 is 5.95. The molecule has 0 bridgehead atoms. The predicted octanol–water partition coefficient (Wildman–Crippen LogP) is 2.57. The van der Waals surface area contributed by atoms with Crippen molar-refractivity contribution >= 4 is 17.7 Å². The van der Waals surface area contributed by atoms with E-state index in [1.807, 2.05) is 19.1 Å². The fourth-order valence-corrected chi connectivity index (χ4v) is 1.57. The number of halogens is 1. The minimum Gasteiger partial charge on any atom is -0.444 e. The molecule has 0 unspecified atom stereocenters. The number of carbonyl (C=O) groups excluding carboxylic acids is 1. The Balaban J connectivity index is 4.95. The molecule has 0 radical (unpaired) electrons. The van der Waals surface area contributed by atoms with Crippen molar-refractivity contribution in [2.24, 2.45) is 5.73 Å². The molecule has 16 heavy (non-hydrogen) atoms. The zero-order chi connectivity index (χ0) is 12.7. The van der Waals surface area contributed by atoms with E-state index in [2.05, 4.69) is 0 Å². The molecule has 1 amide bonds. The summed E-state index contributed by atoms with van der Waals surface area (Å²) in [5, 5.41) is 0.588. The highest BCUT2D eigenvalue weighted by atomic mass is 35.5. The van der Waals surface area contributed by atoms with E-state index < -0.39 is 18.3 Å². The molecular formula is C11H18ClNO3. The number of hydrogen-bond donors (Lipinski definition) is 1. The minimum atomic E-state index is -0.832. The lowest BCUT2D eigenvalue weighted by Crippen LogP contribution is -2.33. The molecule has 0 spiro atoms. The van der Waals surface area contributed by atoms with Crippen LogP contribution < -0.4 is 5.73 Å². The van der Waals surface area contributed by atoms with Crippen LogP contribution in [0.2, 0.25) is 0 Å². The molecule has 0 aromatic heterocycles. The van der Waals surface area contributed by atoms with Gasteiger partial charge in [0.05, 0.1) is 0 Å². The quantitative estimate of drug-likeness (QED) is 0.760. The fraction of sp³-hybridized carbons (Fsp3) is 0.545. The number of carbonyl (C=O) groups is 1. The van der Waals surface area contributed by atoms with Crippen molar-refractivity contribution < 1.29 is 14.3 Å². The lowest BCUT2D eigenvalue weighted by Gasteiger charge is -2.23. The van der Waals surface area contributed by atoms with Crippen LogP contribution in [0.3, 0.4) is 0 Å². The second kappa shape index (κ2) is 7.30. The Morgan fingerprint density at radius 1 is 1.50 bits per heavy atom. The van der Waals surface area contributed by atoms with Crippen molar-refractivity contribution in [3.05, 3.63) is 22.8 Å². The van der Waals surface area contributed by atoms with E-state index >= 15 is 0 Å². The average molecular weight is 248 g/mol. The number of amides is 1. The number of nitrogens with two attached hydrogens (primary N) is 1. The Hall–Kier alpha value is -1.00. The first kappa shape index (κ1) is 15.0. The van der Waals surface area contributed by atoms with Crippen molar-refractivity contribution in [3.8, 4) is 0 Å². The van der Waals surface area contributed by atoms with Gasteiger partial charge in [0.15, 0.2) is 0 Å². The second-order valence-electron chi connectivity index (χ2n) is 3.29. The Labute approximate surface area is 101 Å². The van der Waals surface area contributed by atoms with Crippen LogP contribution in [-0.2, 0) is 9.47 Å². The summed E-state index contributed by atoms with van der Waals surface area (Å²) in [7, 11) is 1.52. The van der Waals surface area contributed by atoms with Gasteiger partial charge < -0.3 is 15.2 Å². The zero-order valence-electron chi connectivity index (χ0n) is 9.99. The summed E-state index contributed by atoms with van der Waals surface area (Å²) in [6.07, 6.45) is 1.90. The van der Waals surface area contributed by atoms with E-state index in [1.165, 1.54) is 7.11 Å². The Morgan fingerprint density at radius 3 is 2.38 bits per heavy atom. The summed E-state index contributed by atoms with van der Waals surface area (Å²) in [4.78, 5) is 10.7. The standard InChI is InChI=1S/C11H18ClNO3/c1-5-6-9(7(2)12)10(15-4)8(3)16-11(13)14/h5-6,8,10H,1-4H3,(H2,13,14)/b6-5-,9-7-/t8-,10-/m1/s1. The number of primary amides is 1. The molecule has 92 valence electrons. The Kier molecular flexibility index (Phi) is 6.85. The highest BCUT2D eigenvalue weighted by molar-refractivity contribution is 6.29. The highest BCUT2D eigenvalue weighted by Gasteiger charge is 2.23. The molecule has 2 N–H and O–H groups in total. The molecule has 0 fully saturated rings. The summed E-state index contributed by atoms with van der Waals surface area (Å²) in [5.74, 6) is 0. The van der Waals surface area contributed by atoms with Crippen LogP contribution in [0.4, 0.5) is 4.79 Å². The topological polar surface area (TPSA) is 61.6 Å². The molecule has 0 aliphatic rings. The number of rotatable bonds is 5. The van der Waals surface area contributed by atoms with Crippen molar-refractivity contribution in [2.45, 2.75) is 33.0 Å². The largest absolute Gasteiger partial charge is 0.444 e. The molecule has 5 heteroatoms. The van der Waals surface area contributed by atoms with E-state index in [9.17, 15) is 4.79 Å². The summed E-state index contributed by atoms with van der Waals surface area (Å²) in [6.45, 7) is 5.31. The Bertz CT molecular complexity index is 296. The van der Waals surface area contributed by atoms with Gasteiger partial charge in [-0.05, 0) is 26.3 Å². The van der Waals surface area contributed by atoms with Gasteiger partial charge in [-0.15, -0.1) is 0 Å². The van der Waals surface area contributed by atoms with E-state index in [-0.39, 0.29) is 0 Å². The van der Waals surface area contributed by atoms with E-state index in [0.717, 1.165) is 5.57 Å². The van der Waals surface area contributed by atoms with Crippen LogP contribution in [-0.4, -0.2) is 25.4 Å². The molecule has 0 aromatic carbocycles. The first-order valence-corrected chi connectivity index (χ1v) is 5.29. The number of hydrogen-bond acceptors (Lipinski definition) is 3. The Morgan fingerprint density at radius 2 is 2.06 bits per heavy atom. The molecule has 0 aromatic rings. The van der Waals surface area contributed by atoms with Gasteiger partial charge in [-0.2, -0.15) is 0 Å². The zero-order valence-corrected chi connectivity index (χ0v) is 10.7. The third-order valence-electron chi connectivity index (χ3n) is 2.03. The van der Waals surface area contributed by atoms with Crippen LogP contribution >= 0.6 is 11.6 Å². The summed E-state index contributed by atoms with van der Waals surface area (Å²) in [5.41, 5.74) is 5.72. The van der Waals surface area contributed by atoms with Crippen molar-refractivity contribution in [1.82, 2.24) is 0 Å². The molecule has 0 heterocycles. The van der Waals surface area contributed by atoms with Crippen molar-refractivity contribution in [2.75, 3.05) is 7.11 Å². The molecule has 4 nitrogen and oxygen atoms in total. The molecular weight excluding hydrogens is 230 g/mol. The normalized spacial score (nSPS) is 16.8. The van der Waals surface area contributed by atoms with Gasteiger partial charge in [-0.3, -0.25) is 0 Å². The van der Waals surface area contributed by atoms with Crippen LogP contribution in [0.5, 0.6) is 0 Å². The third-order valence-corrected chi connectivity index (χ3v) is 2.25. The summed E-state index contributed by atoms with van der Waals surface area (Å²) in [6, 6.07) is 0. The van der Waals surface area contributed by atoms with Gasteiger partial charge in [0.25, 0.3) is 0 Å². The van der Waals surface area contributed by atoms with E-state index in [0.29, 0.717) is 5.03 Å². The van der Waals surface area contributed by atoms with Crippen LogP contribution in [0, 0.1) is 0 Å². The van der Waals surface area contributed by atoms with Gasteiger partial charge in [-0.1, -0.05) is 23.8 Å². The highest BCUT2D eigenvalue weighted by Crippen LogP contribution is 2.20. The van der Waals surface area contributed by atoms with Crippen LogP contribution in [0.25, 0.3) is 0 Å². The minimum absolute atomic E-state index is 0.429. The number of allylic oxidation sites excluding steroid dienone is 2. The van der Waals surface area contributed by atoms with Crippen molar-refractivity contribution in [1.29, 1.82) is 0 Å². The molecule has 0 aliphatic carbocycles. The smallest absolute Gasteiger partial charge is 0.404 e. The maximum Gasteiger partial charge on any atom is 0.404 e. The molecule has 2 atom stereocenters. The number of methoxy groups -OCH3 is 1. The maximum atomic E-state index is 10.7. The van der Waals surface area contributed by atoms with Gasteiger partial charge >= 0.3 is 6.09 Å². The lowest BCUT2D eigenvalue weighted by molar-refractivity contribution is 0.0106. The van der Waals surface area contributed by atoms with E-state index in [4.69, 9.17) is 26.8 Å². The third kappa shape index (κ3) is 4.68. The molecule has 0 saturated carbocycles. The monoisotopic (exact) mass is 247 g/mol. The SMILES string of the molecule is C/C=C\C(=C(/C)Cl)[C@H](OC)[C@@H](C)OC(N)=O. The van der Waals surface area contributed by atoms with Crippen LogP contribution in [0.15, 0.2) is 22.8 Å². The lowest BCUT2D eigenvalue weighted by atomic mass is 10.0. The molecule has 0 saturated heterocycles. The van der Waals surface area contributed by atoms with Gasteiger partial charge in [0.1, 0.15) is 12.2 Å². The average Bonchev–Trinajstić information content (AvgIpc) is 2.16. The first-order valence-electron chi connectivity index (χ1n) is 4.91. The predicted molar refractivity (Wildman–Crippen MR) is 64.3 cm³/mol. The van der Waals surface area contributed by atoms with Crippen LogP contribution in [0.1, 0.15) is 20.8 Å². The van der Waals surface area contributed by atoms with Gasteiger partial charge in [0.2, 0.25) is 0 Å². The summed E-state index contributed by atoms with van der Waals surface area (Å²) < 4.78 is 10.1. The first-order chi connectivity index (χ1) is 7.43. The number of ether oxygens (including phenoxy) is 2. The maximum absolute atomic E-state index is 10.7. The molecule has 0 rings (SSSR count).